The quantitative estimate of drug-likeness (QED) is 0.511. The van der Waals surface area contributed by atoms with E-state index in [0.717, 1.165) is 0 Å². The second-order valence-electron chi connectivity index (χ2n) is 1.82. The van der Waals surface area contributed by atoms with Gasteiger partial charge in [-0.05, 0) is 0 Å². The monoisotopic (exact) mass is 126 g/mol. The van der Waals surface area contributed by atoms with Crippen LogP contribution in [0.4, 0.5) is 0 Å². The molecular weight excluding hydrogens is 116 g/mol. The van der Waals surface area contributed by atoms with Crippen LogP contribution in [0.3, 0.4) is 0 Å². The van der Waals surface area contributed by atoms with Crippen LogP contribution in [0.15, 0.2) is 11.8 Å². The summed E-state index contributed by atoms with van der Waals surface area (Å²) in [6.07, 6.45) is 1.22. The van der Waals surface area contributed by atoms with Crippen LogP contribution in [0.5, 0.6) is 0 Å². The van der Waals surface area contributed by atoms with Crippen LogP contribution in [-0.2, 0) is 0 Å². The van der Waals surface area contributed by atoms with E-state index in [1.54, 1.807) is 6.92 Å². The first kappa shape index (κ1) is 7.99. The molecule has 0 aromatic rings. The summed E-state index contributed by atoms with van der Waals surface area (Å²) in [6, 6.07) is 1.88. The Hall–Kier alpha value is -1.01. The minimum Gasteiger partial charge on any atom is -0.404 e. The fraction of sp³-hybridized carbons (Fsp3) is 0.500. The van der Waals surface area contributed by atoms with E-state index in [1.165, 1.54) is 6.20 Å². The van der Waals surface area contributed by atoms with Gasteiger partial charge in [-0.15, -0.1) is 0 Å². The van der Waals surface area contributed by atoms with E-state index in [1.807, 2.05) is 6.07 Å². The first-order valence-corrected chi connectivity index (χ1v) is 2.69. The fourth-order valence-corrected chi connectivity index (χ4v) is 0.410. The van der Waals surface area contributed by atoms with Gasteiger partial charge >= 0.3 is 0 Å². The van der Waals surface area contributed by atoms with Gasteiger partial charge in [0, 0.05) is 12.1 Å². The number of aliphatic hydroxyl groups excluding tert-OH is 1. The zero-order valence-electron chi connectivity index (χ0n) is 5.33. The molecule has 0 fully saturated rings. The maximum atomic E-state index is 8.52. The molecule has 0 aromatic heterocycles. The molecule has 0 bridgehead atoms. The Morgan fingerprint density at radius 3 is 2.67 bits per heavy atom. The zero-order chi connectivity index (χ0) is 7.28. The van der Waals surface area contributed by atoms with E-state index < -0.39 is 0 Å². The Morgan fingerprint density at radius 1 is 2.00 bits per heavy atom. The van der Waals surface area contributed by atoms with Gasteiger partial charge in [-0.1, -0.05) is 6.92 Å². The summed E-state index contributed by atoms with van der Waals surface area (Å²) in [4.78, 5) is 0. The van der Waals surface area contributed by atoms with Crippen LogP contribution >= 0.6 is 0 Å². The topological polar surface area (TPSA) is 70.0 Å². The van der Waals surface area contributed by atoms with E-state index in [4.69, 9.17) is 16.1 Å². The summed E-state index contributed by atoms with van der Waals surface area (Å²) in [5.74, 6) is -0.139. The van der Waals surface area contributed by atoms with Gasteiger partial charge in [0.05, 0.1) is 18.2 Å². The minimum atomic E-state index is -0.139. The Labute approximate surface area is 54.4 Å². The molecule has 1 atom stereocenters. The predicted octanol–water partition coefficient (Wildman–Crippen LogP) is -0.0190. The molecule has 0 spiro atoms. The van der Waals surface area contributed by atoms with Crippen molar-refractivity contribution in [3.05, 3.63) is 11.8 Å². The highest BCUT2D eigenvalue weighted by Crippen LogP contribution is 2.05. The van der Waals surface area contributed by atoms with Crippen molar-refractivity contribution < 1.29 is 5.11 Å². The number of nitrogens with two attached hydrogens (primary N) is 1. The molecular formula is C6H10N2O. The average molecular weight is 126 g/mol. The number of nitriles is 1. The van der Waals surface area contributed by atoms with Gasteiger partial charge in [-0.25, -0.2) is 0 Å². The van der Waals surface area contributed by atoms with Crippen molar-refractivity contribution in [1.82, 2.24) is 0 Å². The molecule has 0 aromatic carbocycles. The second-order valence-corrected chi connectivity index (χ2v) is 1.82. The highest BCUT2D eigenvalue weighted by molar-refractivity contribution is 5.21. The molecule has 50 valence electrons. The maximum absolute atomic E-state index is 8.52. The van der Waals surface area contributed by atoms with Gasteiger partial charge in [-0.3, -0.25) is 0 Å². The van der Waals surface area contributed by atoms with Crippen LogP contribution in [0.1, 0.15) is 6.92 Å². The number of hydrogen-bond acceptors (Lipinski definition) is 3. The molecule has 0 saturated carbocycles. The molecule has 0 aliphatic carbocycles. The molecule has 0 amide bonds. The molecule has 0 saturated heterocycles. The summed E-state index contributed by atoms with van der Waals surface area (Å²) in [5.41, 5.74) is 5.49. The Morgan fingerprint density at radius 2 is 2.56 bits per heavy atom. The number of aliphatic hydroxyl groups is 1. The lowest BCUT2D eigenvalue weighted by Gasteiger charge is -2.02. The molecule has 9 heavy (non-hydrogen) atoms. The van der Waals surface area contributed by atoms with Crippen molar-refractivity contribution >= 4 is 0 Å². The van der Waals surface area contributed by atoms with E-state index >= 15 is 0 Å². The first-order chi connectivity index (χ1) is 4.26. The van der Waals surface area contributed by atoms with Crippen molar-refractivity contribution in [2.75, 3.05) is 6.61 Å². The van der Waals surface area contributed by atoms with Crippen LogP contribution in [0.2, 0.25) is 0 Å². The normalized spacial score (nSPS) is 14.6. The highest BCUT2D eigenvalue weighted by Gasteiger charge is 2.04. The number of hydrogen-bond donors (Lipinski definition) is 2. The molecule has 0 aliphatic heterocycles. The van der Waals surface area contributed by atoms with Gasteiger partial charge in [0.1, 0.15) is 0 Å². The molecule has 3 heteroatoms. The standard InChI is InChI=1S/C6H10N2O/c1-5(4-9)6(2-7)3-8/h2,5,9H,4,7H2,1H3/b6-2+/t5-/m0/s1. The smallest absolute Gasteiger partial charge is 0.0965 e. The number of nitrogens with zero attached hydrogens (tertiary/aromatic N) is 1. The Bertz CT molecular complexity index is 146. The zero-order valence-corrected chi connectivity index (χ0v) is 5.33. The largest absolute Gasteiger partial charge is 0.404 e. The highest BCUT2D eigenvalue weighted by atomic mass is 16.3. The lowest BCUT2D eigenvalue weighted by Crippen LogP contribution is -2.04. The van der Waals surface area contributed by atoms with Crippen molar-refractivity contribution in [2.24, 2.45) is 11.7 Å². The van der Waals surface area contributed by atoms with Crippen molar-refractivity contribution in [2.45, 2.75) is 6.92 Å². The summed E-state index contributed by atoms with van der Waals surface area (Å²) < 4.78 is 0. The van der Waals surface area contributed by atoms with E-state index in [9.17, 15) is 0 Å². The molecule has 3 nitrogen and oxygen atoms in total. The van der Waals surface area contributed by atoms with Gasteiger partial charge in [0.25, 0.3) is 0 Å². The summed E-state index contributed by atoms with van der Waals surface area (Å²) in [5, 5.41) is 16.8. The molecule has 0 aliphatic rings. The van der Waals surface area contributed by atoms with E-state index in [0.29, 0.717) is 5.57 Å². The molecule has 0 rings (SSSR count). The van der Waals surface area contributed by atoms with Gasteiger partial charge in [0.15, 0.2) is 0 Å². The van der Waals surface area contributed by atoms with Gasteiger partial charge in [-0.2, -0.15) is 5.26 Å². The van der Waals surface area contributed by atoms with E-state index in [2.05, 4.69) is 0 Å². The summed E-state index contributed by atoms with van der Waals surface area (Å²) in [7, 11) is 0. The van der Waals surface area contributed by atoms with Gasteiger partial charge < -0.3 is 10.8 Å². The van der Waals surface area contributed by atoms with Crippen LogP contribution < -0.4 is 5.73 Å². The molecule has 3 N–H and O–H groups in total. The molecule has 0 radical (unpaired) electrons. The molecule has 0 unspecified atom stereocenters. The Kier molecular flexibility index (Phi) is 3.49. The third-order valence-electron chi connectivity index (χ3n) is 1.11. The third-order valence-corrected chi connectivity index (χ3v) is 1.11. The minimum absolute atomic E-state index is 0.0312. The van der Waals surface area contributed by atoms with Crippen molar-refractivity contribution in [3.63, 3.8) is 0 Å². The van der Waals surface area contributed by atoms with Crippen LogP contribution in [0, 0.1) is 17.2 Å². The van der Waals surface area contributed by atoms with Crippen molar-refractivity contribution in [3.8, 4) is 6.07 Å². The lowest BCUT2D eigenvalue weighted by molar-refractivity contribution is 0.258. The fourth-order valence-electron chi connectivity index (χ4n) is 0.410. The van der Waals surface area contributed by atoms with Crippen LogP contribution in [0.25, 0.3) is 0 Å². The third kappa shape index (κ3) is 2.15. The number of rotatable bonds is 2. The predicted molar refractivity (Wildman–Crippen MR) is 34.1 cm³/mol. The maximum Gasteiger partial charge on any atom is 0.0965 e. The molecule has 0 heterocycles. The van der Waals surface area contributed by atoms with E-state index in [-0.39, 0.29) is 12.5 Å². The second kappa shape index (κ2) is 3.93. The van der Waals surface area contributed by atoms with Crippen molar-refractivity contribution in [1.29, 1.82) is 5.26 Å². The summed E-state index contributed by atoms with van der Waals surface area (Å²) in [6.45, 7) is 1.71. The van der Waals surface area contributed by atoms with Crippen LogP contribution in [-0.4, -0.2) is 11.7 Å². The Balaban J connectivity index is 4.01. The first-order valence-electron chi connectivity index (χ1n) is 2.69. The van der Waals surface area contributed by atoms with Gasteiger partial charge in [0.2, 0.25) is 0 Å². The summed E-state index contributed by atoms with van der Waals surface area (Å²) >= 11 is 0. The lowest BCUT2D eigenvalue weighted by atomic mass is 10.1. The average Bonchev–Trinajstić information content (AvgIpc) is 1.90. The SMILES string of the molecule is C[C@@H](CO)/C(C#N)=C/N.